The molecule has 29 heavy (non-hydrogen) atoms. The normalized spacial score (nSPS) is 16.7. The van der Waals surface area contributed by atoms with Crippen molar-refractivity contribution < 1.29 is 13.2 Å². The van der Waals surface area contributed by atoms with E-state index in [0.717, 1.165) is 34.2 Å². The third-order valence-electron chi connectivity index (χ3n) is 4.91. The van der Waals surface area contributed by atoms with Crippen LogP contribution in [0.1, 0.15) is 34.8 Å². The maximum atomic E-state index is 13.1. The van der Waals surface area contributed by atoms with Gasteiger partial charge in [0.05, 0.1) is 6.04 Å². The van der Waals surface area contributed by atoms with Crippen LogP contribution in [0.15, 0.2) is 74.7 Å². The van der Waals surface area contributed by atoms with Gasteiger partial charge in [-0.1, -0.05) is 34.1 Å². The van der Waals surface area contributed by atoms with Crippen molar-refractivity contribution in [2.24, 2.45) is 0 Å². The van der Waals surface area contributed by atoms with Gasteiger partial charge < -0.3 is 4.90 Å². The van der Waals surface area contributed by atoms with Crippen LogP contribution in [-0.2, 0) is 10.0 Å². The number of halogens is 1. The molecular weight excluding hydrogens is 472 g/mol. The summed E-state index contributed by atoms with van der Waals surface area (Å²) in [7, 11) is -3.60. The monoisotopic (exact) mass is 490 g/mol. The molecule has 1 N–H and O–H groups in total. The van der Waals surface area contributed by atoms with Crippen molar-refractivity contribution in [3.8, 4) is 0 Å². The minimum absolute atomic E-state index is 0.0388. The van der Waals surface area contributed by atoms with Crippen LogP contribution in [0.25, 0.3) is 0 Å². The largest absolute Gasteiger partial charge is 0.332 e. The Bertz CT molecular complexity index is 1100. The van der Waals surface area contributed by atoms with Gasteiger partial charge in [-0.05, 0) is 66.2 Å². The van der Waals surface area contributed by atoms with Crippen LogP contribution in [0.2, 0.25) is 0 Å². The van der Waals surface area contributed by atoms with Gasteiger partial charge in [0.25, 0.3) is 15.9 Å². The molecule has 1 atom stereocenters. The molecule has 3 aromatic rings. The number of likely N-dealkylation sites (tertiary alicyclic amines) is 1. The van der Waals surface area contributed by atoms with Crippen molar-refractivity contribution in [3.63, 3.8) is 0 Å². The maximum absolute atomic E-state index is 13.1. The van der Waals surface area contributed by atoms with Crippen LogP contribution in [0, 0.1) is 0 Å². The number of carbonyl (C=O) groups excluding carboxylic acids is 1. The minimum atomic E-state index is -3.60. The van der Waals surface area contributed by atoms with Crippen LogP contribution < -0.4 is 4.72 Å². The van der Waals surface area contributed by atoms with E-state index in [2.05, 4.69) is 20.7 Å². The van der Waals surface area contributed by atoms with Gasteiger partial charge in [-0.15, -0.1) is 11.3 Å². The average Bonchev–Trinajstić information content (AvgIpc) is 3.41. The Hall–Kier alpha value is -2.16. The number of amides is 1. The third kappa shape index (κ3) is 4.39. The number of sulfonamides is 1. The summed E-state index contributed by atoms with van der Waals surface area (Å²) in [4.78, 5) is 15.0. The highest BCUT2D eigenvalue weighted by Gasteiger charge is 2.30. The highest BCUT2D eigenvalue weighted by atomic mass is 79.9. The van der Waals surface area contributed by atoms with Crippen molar-refractivity contribution in [3.05, 3.63) is 81.6 Å². The van der Waals surface area contributed by atoms with E-state index in [0.29, 0.717) is 17.8 Å². The first-order chi connectivity index (χ1) is 13.9. The molecule has 0 spiro atoms. The molecule has 0 radical (unpaired) electrons. The van der Waals surface area contributed by atoms with Crippen molar-refractivity contribution in [2.75, 3.05) is 11.3 Å². The van der Waals surface area contributed by atoms with E-state index in [1.807, 2.05) is 29.2 Å². The molecule has 1 fully saturated rings. The molecule has 1 saturated heterocycles. The first-order valence-electron chi connectivity index (χ1n) is 9.17. The minimum Gasteiger partial charge on any atom is -0.332 e. The quantitative estimate of drug-likeness (QED) is 0.528. The molecule has 1 aliphatic heterocycles. The van der Waals surface area contributed by atoms with Gasteiger partial charge in [-0.2, -0.15) is 0 Å². The maximum Gasteiger partial charge on any atom is 0.271 e. The van der Waals surface area contributed by atoms with E-state index in [9.17, 15) is 13.2 Å². The molecule has 8 heteroatoms. The van der Waals surface area contributed by atoms with Gasteiger partial charge >= 0.3 is 0 Å². The number of hydrogen-bond acceptors (Lipinski definition) is 4. The van der Waals surface area contributed by atoms with Crippen LogP contribution >= 0.6 is 27.3 Å². The van der Waals surface area contributed by atoms with Crippen molar-refractivity contribution in [1.82, 2.24) is 4.90 Å². The summed E-state index contributed by atoms with van der Waals surface area (Å²) in [5, 5.41) is 1.72. The van der Waals surface area contributed by atoms with E-state index >= 15 is 0 Å². The molecule has 1 amide bonds. The molecule has 2 aromatic carbocycles. The molecule has 4 rings (SSSR count). The van der Waals surface area contributed by atoms with Crippen LogP contribution in [0.4, 0.5) is 5.69 Å². The zero-order chi connectivity index (χ0) is 20.4. The summed E-state index contributed by atoms with van der Waals surface area (Å²) in [5.74, 6) is -0.0388. The van der Waals surface area contributed by atoms with Gasteiger partial charge in [0.15, 0.2) is 0 Å². The summed E-state index contributed by atoms with van der Waals surface area (Å²) in [6.45, 7) is 0.715. The number of benzene rings is 2. The Morgan fingerprint density at radius 3 is 2.45 bits per heavy atom. The molecule has 0 bridgehead atoms. The highest BCUT2D eigenvalue weighted by Crippen LogP contribution is 2.34. The Balaban J connectivity index is 1.50. The van der Waals surface area contributed by atoms with E-state index in [1.54, 1.807) is 41.8 Å². The second-order valence-corrected chi connectivity index (χ2v) is 10.6. The third-order valence-corrected chi connectivity index (χ3v) is 8.22. The highest BCUT2D eigenvalue weighted by molar-refractivity contribution is 9.10. The predicted octanol–water partition coefficient (Wildman–Crippen LogP) is 5.29. The predicted molar refractivity (Wildman–Crippen MR) is 119 cm³/mol. The van der Waals surface area contributed by atoms with Gasteiger partial charge in [0.2, 0.25) is 0 Å². The van der Waals surface area contributed by atoms with Gasteiger partial charge in [0.1, 0.15) is 4.21 Å². The van der Waals surface area contributed by atoms with Gasteiger partial charge in [-0.3, -0.25) is 9.52 Å². The lowest BCUT2D eigenvalue weighted by molar-refractivity contribution is 0.0735. The first kappa shape index (κ1) is 20.1. The molecule has 1 aliphatic rings. The Morgan fingerprint density at radius 1 is 1.07 bits per heavy atom. The van der Waals surface area contributed by atoms with Crippen molar-refractivity contribution >= 4 is 48.9 Å². The fourth-order valence-electron chi connectivity index (χ4n) is 3.51. The van der Waals surface area contributed by atoms with Crippen LogP contribution in [0.3, 0.4) is 0 Å². The zero-order valence-corrected chi connectivity index (χ0v) is 18.6. The lowest BCUT2D eigenvalue weighted by Gasteiger charge is -2.25. The summed E-state index contributed by atoms with van der Waals surface area (Å²) < 4.78 is 28.5. The number of nitrogens with one attached hydrogen (secondary N) is 1. The molecular formula is C21H19BrN2O3S2. The second kappa shape index (κ2) is 8.30. The summed E-state index contributed by atoms with van der Waals surface area (Å²) in [5.41, 5.74) is 2.10. The standard InChI is InChI=1S/C21H19BrN2O3S2/c22-17-9-5-15(6-10-17)19-3-1-13-24(19)21(25)16-7-11-18(12-8-16)23-29(26,27)20-4-2-14-28-20/h2,4-12,14,19,23H,1,3,13H2. The Labute approximate surface area is 182 Å². The summed E-state index contributed by atoms with van der Waals surface area (Å²) in [6, 6.07) is 18.0. The molecule has 150 valence electrons. The van der Waals surface area contributed by atoms with Gasteiger partial charge in [-0.25, -0.2) is 8.42 Å². The number of carbonyl (C=O) groups is 1. The lowest BCUT2D eigenvalue weighted by Crippen LogP contribution is -2.30. The lowest BCUT2D eigenvalue weighted by atomic mass is 10.0. The molecule has 1 aromatic heterocycles. The molecule has 1 unspecified atom stereocenters. The topological polar surface area (TPSA) is 66.5 Å². The zero-order valence-electron chi connectivity index (χ0n) is 15.4. The number of thiophene rings is 1. The summed E-state index contributed by atoms with van der Waals surface area (Å²) >= 11 is 4.60. The van der Waals surface area contributed by atoms with Crippen molar-refractivity contribution in [1.29, 1.82) is 0 Å². The number of anilines is 1. The number of rotatable bonds is 5. The number of hydrogen-bond donors (Lipinski definition) is 1. The summed E-state index contributed by atoms with van der Waals surface area (Å²) in [6.07, 6.45) is 1.90. The average molecular weight is 491 g/mol. The van der Waals surface area contributed by atoms with E-state index < -0.39 is 10.0 Å². The smallest absolute Gasteiger partial charge is 0.271 e. The molecule has 0 saturated carbocycles. The SMILES string of the molecule is O=C(c1ccc(NS(=O)(=O)c2cccs2)cc1)N1CCCC1c1ccc(Br)cc1. The van der Waals surface area contributed by atoms with Crippen molar-refractivity contribution in [2.45, 2.75) is 23.1 Å². The first-order valence-corrected chi connectivity index (χ1v) is 12.3. The van der Waals surface area contributed by atoms with E-state index in [-0.39, 0.29) is 16.2 Å². The Morgan fingerprint density at radius 2 is 1.79 bits per heavy atom. The van der Waals surface area contributed by atoms with Gasteiger partial charge in [0, 0.05) is 22.3 Å². The fraction of sp³-hybridized carbons (Fsp3) is 0.190. The van der Waals surface area contributed by atoms with E-state index in [4.69, 9.17) is 0 Å². The number of nitrogens with zero attached hydrogens (tertiary/aromatic N) is 1. The molecule has 2 heterocycles. The molecule has 5 nitrogen and oxygen atoms in total. The fourth-order valence-corrected chi connectivity index (χ4v) is 5.83. The molecule has 0 aliphatic carbocycles. The Kier molecular flexibility index (Phi) is 5.76. The second-order valence-electron chi connectivity index (χ2n) is 6.82. The van der Waals surface area contributed by atoms with E-state index in [1.165, 1.54) is 0 Å². The van der Waals surface area contributed by atoms with Crippen LogP contribution in [-0.4, -0.2) is 25.8 Å². The van der Waals surface area contributed by atoms with Crippen LogP contribution in [0.5, 0.6) is 0 Å².